The molecule has 0 unspecified atom stereocenters. The van der Waals surface area contributed by atoms with E-state index in [0.717, 1.165) is 11.3 Å². The Morgan fingerprint density at radius 2 is 1.77 bits per heavy atom. The van der Waals surface area contributed by atoms with Crippen LogP contribution in [0.15, 0.2) is 71.5 Å². The summed E-state index contributed by atoms with van der Waals surface area (Å²) in [4.78, 5) is 17.9. The first-order chi connectivity index (χ1) is 14.6. The first-order valence-corrected chi connectivity index (χ1v) is 10.0. The average Bonchev–Trinajstić information content (AvgIpc) is 2.76. The van der Waals surface area contributed by atoms with Gasteiger partial charge in [-0.3, -0.25) is 9.36 Å². The molecule has 0 bridgehead atoms. The van der Waals surface area contributed by atoms with Crippen molar-refractivity contribution >= 4 is 34.1 Å². The van der Waals surface area contributed by atoms with Gasteiger partial charge in [0.1, 0.15) is 23.9 Å². The molecule has 0 aliphatic rings. The normalized spacial score (nSPS) is 10.9. The summed E-state index contributed by atoms with van der Waals surface area (Å²) in [6, 6.07) is 19.8. The van der Waals surface area contributed by atoms with Gasteiger partial charge >= 0.3 is 0 Å². The Morgan fingerprint density at radius 1 is 1.00 bits per heavy atom. The van der Waals surface area contributed by atoms with Crippen molar-refractivity contribution in [2.45, 2.75) is 6.54 Å². The van der Waals surface area contributed by atoms with Gasteiger partial charge < -0.3 is 9.47 Å². The van der Waals surface area contributed by atoms with Gasteiger partial charge in [0.25, 0.3) is 5.56 Å². The van der Waals surface area contributed by atoms with Gasteiger partial charge in [-0.2, -0.15) is 0 Å². The summed E-state index contributed by atoms with van der Waals surface area (Å²) in [5, 5.41) is 1.50. The zero-order chi connectivity index (χ0) is 21.1. The number of aromatic nitrogens is 2. The monoisotopic (exact) mass is 440 g/mol. The van der Waals surface area contributed by atoms with Crippen LogP contribution in [-0.2, 0) is 6.54 Å². The van der Waals surface area contributed by atoms with E-state index in [1.807, 2.05) is 42.5 Å². The molecule has 1 aromatic heterocycles. The van der Waals surface area contributed by atoms with Gasteiger partial charge in [-0.05, 0) is 54.6 Å². The molecule has 4 rings (SSSR count). The van der Waals surface area contributed by atoms with Crippen molar-refractivity contribution in [3.63, 3.8) is 0 Å². The lowest BCUT2D eigenvalue weighted by Crippen LogP contribution is -2.26. The van der Waals surface area contributed by atoms with E-state index in [9.17, 15) is 4.79 Å². The second-order valence-corrected chi connectivity index (χ2v) is 7.40. The number of para-hydroxylation sites is 1. The van der Waals surface area contributed by atoms with Crippen LogP contribution in [0.25, 0.3) is 22.3 Å². The Hall–Kier alpha value is -3.02. The second-order valence-electron chi connectivity index (χ2n) is 6.56. The summed E-state index contributed by atoms with van der Waals surface area (Å²) in [6.07, 6.45) is 0. The fourth-order valence-corrected chi connectivity index (χ4v) is 3.64. The molecule has 0 aliphatic carbocycles. The minimum Gasteiger partial charge on any atom is -0.497 e. The summed E-state index contributed by atoms with van der Waals surface area (Å²) in [6.45, 7) is 0.543. The van der Waals surface area contributed by atoms with Crippen LogP contribution < -0.4 is 15.0 Å². The molecule has 0 saturated carbocycles. The maximum absolute atomic E-state index is 13.2. The van der Waals surface area contributed by atoms with E-state index in [1.54, 1.807) is 35.9 Å². The van der Waals surface area contributed by atoms with Crippen LogP contribution in [0.5, 0.6) is 11.5 Å². The molecule has 0 saturated heterocycles. The SMILES string of the molecule is COc1ccc(-c2nc3ccccc3c(=O)n2CCOc2ccc(Cl)cc2Cl)cc1. The second kappa shape index (κ2) is 8.78. The molecule has 4 aromatic rings. The van der Waals surface area contributed by atoms with Gasteiger partial charge in [0.2, 0.25) is 0 Å². The fraction of sp³-hybridized carbons (Fsp3) is 0.130. The van der Waals surface area contributed by atoms with Crippen molar-refractivity contribution < 1.29 is 9.47 Å². The van der Waals surface area contributed by atoms with Crippen molar-refractivity contribution in [3.05, 3.63) is 87.1 Å². The zero-order valence-corrected chi connectivity index (χ0v) is 17.7. The maximum Gasteiger partial charge on any atom is 0.261 e. The number of rotatable bonds is 6. The van der Waals surface area contributed by atoms with E-state index in [4.69, 9.17) is 37.7 Å². The highest BCUT2D eigenvalue weighted by atomic mass is 35.5. The lowest BCUT2D eigenvalue weighted by Gasteiger charge is -2.15. The zero-order valence-electron chi connectivity index (χ0n) is 16.1. The molecular formula is C23H18Cl2N2O3. The minimum absolute atomic E-state index is 0.128. The van der Waals surface area contributed by atoms with E-state index >= 15 is 0 Å². The maximum atomic E-state index is 13.2. The summed E-state index contributed by atoms with van der Waals surface area (Å²) in [7, 11) is 1.61. The molecule has 7 heteroatoms. The molecule has 0 atom stereocenters. The third-order valence-corrected chi connectivity index (χ3v) is 5.21. The number of hydrogen-bond donors (Lipinski definition) is 0. The first kappa shape index (κ1) is 20.3. The Kier molecular flexibility index (Phi) is 5.93. The van der Waals surface area contributed by atoms with E-state index in [2.05, 4.69) is 0 Å². The molecule has 152 valence electrons. The highest BCUT2D eigenvalue weighted by molar-refractivity contribution is 6.35. The highest BCUT2D eigenvalue weighted by Crippen LogP contribution is 2.28. The fourth-order valence-electron chi connectivity index (χ4n) is 3.18. The molecule has 0 amide bonds. The van der Waals surface area contributed by atoms with Gasteiger partial charge in [-0.1, -0.05) is 35.3 Å². The van der Waals surface area contributed by atoms with Crippen LogP contribution in [0, 0.1) is 0 Å². The standard InChI is InChI=1S/C23H18Cl2N2O3/c1-29-17-9-6-15(7-10-17)22-26-20-5-3-2-4-18(20)23(28)27(22)12-13-30-21-11-8-16(24)14-19(21)25/h2-11,14H,12-13H2,1H3. The molecular weight excluding hydrogens is 423 g/mol. The summed E-state index contributed by atoms with van der Waals surface area (Å²) < 4.78 is 12.6. The number of halogens is 2. The highest BCUT2D eigenvalue weighted by Gasteiger charge is 2.13. The van der Waals surface area contributed by atoms with Gasteiger partial charge in [0.05, 0.1) is 29.6 Å². The molecule has 1 heterocycles. The lowest BCUT2D eigenvalue weighted by molar-refractivity contribution is 0.297. The minimum atomic E-state index is -0.128. The van der Waals surface area contributed by atoms with Crippen molar-refractivity contribution in [1.82, 2.24) is 9.55 Å². The third-order valence-electron chi connectivity index (χ3n) is 4.68. The lowest BCUT2D eigenvalue weighted by atomic mass is 10.1. The number of hydrogen-bond acceptors (Lipinski definition) is 4. The average molecular weight is 441 g/mol. The van der Waals surface area contributed by atoms with Crippen molar-refractivity contribution in [1.29, 1.82) is 0 Å². The third kappa shape index (κ3) is 4.13. The van der Waals surface area contributed by atoms with Gasteiger partial charge in [0, 0.05) is 10.6 Å². The predicted molar refractivity (Wildman–Crippen MR) is 120 cm³/mol. The van der Waals surface area contributed by atoms with Gasteiger partial charge in [0.15, 0.2) is 0 Å². The number of fused-ring (bicyclic) bond motifs is 1. The Bertz CT molecular complexity index is 1250. The van der Waals surface area contributed by atoms with Gasteiger partial charge in [-0.15, -0.1) is 0 Å². The van der Waals surface area contributed by atoms with Crippen LogP contribution in [-0.4, -0.2) is 23.3 Å². The number of ether oxygens (including phenoxy) is 2. The predicted octanol–water partition coefficient (Wildman–Crippen LogP) is 5.46. The summed E-state index contributed by atoms with van der Waals surface area (Å²) >= 11 is 12.1. The van der Waals surface area contributed by atoms with E-state index < -0.39 is 0 Å². The van der Waals surface area contributed by atoms with Crippen molar-refractivity contribution in [2.24, 2.45) is 0 Å². The summed E-state index contributed by atoms with van der Waals surface area (Å²) in [5.41, 5.74) is 1.33. The van der Waals surface area contributed by atoms with Crippen LogP contribution in [0.4, 0.5) is 0 Å². The molecule has 0 spiro atoms. The van der Waals surface area contributed by atoms with Crippen LogP contribution in [0.2, 0.25) is 10.0 Å². The molecule has 0 aliphatic heterocycles. The van der Waals surface area contributed by atoms with E-state index in [0.29, 0.717) is 39.1 Å². The number of methoxy groups -OCH3 is 1. The topological polar surface area (TPSA) is 53.3 Å². The quantitative estimate of drug-likeness (QED) is 0.399. The summed E-state index contributed by atoms with van der Waals surface area (Å²) in [5.74, 6) is 1.80. The molecule has 30 heavy (non-hydrogen) atoms. The van der Waals surface area contributed by atoms with Gasteiger partial charge in [-0.25, -0.2) is 4.98 Å². The molecule has 3 aromatic carbocycles. The first-order valence-electron chi connectivity index (χ1n) is 9.28. The molecule has 0 fully saturated rings. The Morgan fingerprint density at radius 3 is 2.50 bits per heavy atom. The van der Waals surface area contributed by atoms with Crippen molar-refractivity contribution in [3.8, 4) is 22.9 Å². The van der Waals surface area contributed by atoms with Crippen LogP contribution in [0.1, 0.15) is 0 Å². The largest absolute Gasteiger partial charge is 0.497 e. The smallest absolute Gasteiger partial charge is 0.261 e. The van der Waals surface area contributed by atoms with E-state index in [1.165, 1.54) is 0 Å². The van der Waals surface area contributed by atoms with E-state index in [-0.39, 0.29) is 12.2 Å². The van der Waals surface area contributed by atoms with Crippen molar-refractivity contribution in [2.75, 3.05) is 13.7 Å². The number of nitrogens with zero attached hydrogens (tertiary/aromatic N) is 2. The molecule has 0 radical (unpaired) electrons. The molecule has 0 N–H and O–H groups in total. The molecule has 5 nitrogen and oxygen atoms in total. The number of benzene rings is 3. The van der Waals surface area contributed by atoms with Crippen LogP contribution in [0.3, 0.4) is 0 Å². The van der Waals surface area contributed by atoms with Crippen LogP contribution >= 0.6 is 23.2 Å². The Balaban J connectivity index is 1.71. The Labute approximate surface area is 183 Å².